The van der Waals surface area contributed by atoms with Crippen molar-refractivity contribution in [3.8, 4) is 5.75 Å². The molecule has 7 heteroatoms. The van der Waals surface area contributed by atoms with Crippen molar-refractivity contribution in [3.05, 3.63) is 89.5 Å². The van der Waals surface area contributed by atoms with Gasteiger partial charge in [0.25, 0.3) is 0 Å². The molecule has 3 aromatic carbocycles. The largest absolute Gasteiger partial charge is 0.489 e. The summed E-state index contributed by atoms with van der Waals surface area (Å²) in [6.45, 7) is 0.480. The number of hydrogen-bond donors (Lipinski definition) is 3. The average Bonchev–Trinajstić information content (AvgIpc) is 2.80. The number of esters is 1. The Bertz CT molecular complexity index is 1040. The lowest BCUT2D eigenvalue weighted by Crippen LogP contribution is -2.37. The maximum atomic E-state index is 12.5. The highest BCUT2D eigenvalue weighted by Gasteiger charge is 2.17. The van der Waals surface area contributed by atoms with Crippen molar-refractivity contribution in [1.29, 1.82) is 0 Å². The molecular formula is C24H25N3O4. The van der Waals surface area contributed by atoms with Crippen molar-refractivity contribution in [2.45, 2.75) is 19.1 Å². The molecule has 0 heterocycles. The molecule has 3 aromatic rings. The number of carbonyl (C=O) groups is 2. The summed E-state index contributed by atoms with van der Waals surface area (Å²) in [5, 5.41) is 2.68. The van der Waals surface area contributed by atoms with Gasteiger partial charge in [0.15, 0.2) is 0 Å². The fourth-order valence-electron chi connectivity index (χ4n) is 2.94. The molecule has 7 nitrogen and oxygen atoms in total. The van der Waals surface area contributed by atoms with Gasteiger partial charge in [-0.1, -0.05) is 42.5 Å². The van der Waals surface area contributed by atoms with Gasteiger partial charge in [0.05, 0.1) is 30.1 Å². The molecule has 0 unspecified atom stereocenters. The number of amides is 1. The first-order chi connectivity index (χ1) is 15.0. The topological polar surface area (TPSA) is 117 Å². The number of methoxy groups -OCH3 is 1. The standard InChI is InChI=1S/C24H25N3O4/c1-30-24(29)18-9-12-20(25)22(14-18)27-23(28)21(26)13-16-7-10-19(11-8-16)31-15-17-5-3-2-4-6-17/h2-12,14,21H,13,15,25-26H2,1H3,(H,27,28)/t21-/m0/s1. The molecule has 3 rings (SSSR count). The second-order valence-electron chi connectivity index (χ2n) is 7.01. The molecule has 5 N–H and O–H groups in total. The van der Waals surface area contributed by atoms with Crippen LogP contribution in [-0.2, 0) is 22.6 Å². The van der Waals surface area contributed by atoms with E-state index in [0.717, 1.165) is 16.9 Å². The molecule has 0 spiro atoms. The van der Waals surface area contributed by atoms with Crippen molar-refractivity contribution in [1.82, 2.24) is 0 Å². The lowest BCUT2D eigenvalue weighted by Gasteiger charge is -2.15. The lowest BCUT2D eigenvalue weighted by atomic mass is 10.1. The number of nitrogens with two attached hydrogens (primary N) is 2. The van der Waals surface area contributed by atoms with E-state index in [1.54, 1.807) is 0 Å². The number of nitrogens with one attached hydrogen (secondary N) is 1. The molecule has 0 aliphatic heterocycles. The van der Waals surface area contributed by atoms with E-state index in [-0.39, 0.29) is 5.56 Å². The molecule has 1 amide bonds. The fraction of sp³-hybridized carbons (Fsp3) is 0.167. The molecule has 0 aromatic heterocycles. The number of hydrogen-bond acceptors (Lipinski definition) is 6. The van der Waals surface area contributed by atoms with Gasteiger partial charge in [-0.25, -0.2) is 4.79 Å². The Morgan fingerprint density at radius 2 is 1.68 bits per heavy atom. The molecule has 0 bridgehead atoms. The van der Waals surface area contributed by atoms with Crippen LogP contribution in [0.5, 0.6) is 5.75 Å². The van der Waals surface area contributed by atoms with E-state index in [1.165, 1.54) is 25.3 Å². The highest BCUT2D eigenvalue weighted by molar-refractivity contribution is 5.99. The summed E-state index contributed by atoms with van der Waals surface area (Å²) in [6.07, 6.45) is 0.335. The summed E-state index contributed by atoms with van der Waals surface area (Å²) in [6, 6.07) is 21.1. The second-order valence-corrected chi connectivity index (χ2v) is 7.01. The van der Waals surface area contributed by atoms with Gasteiger partial charge >= 0.3 is 5.97 Å². The maximum Gasteiger partial charge on any atom is 0.337 e. The SMILES string of the molecule is COC(=O)c1ccc(N)c(NC(=O)[C@@H](N)Cc2ccc(OCc3ccccc3)cc2)c1. The normalized spacial score (nSPS) is 11.4. The molecule has 0 saturated heterocycles. The summed E-state index contributed by atoms with van der Waals surface area (Å²) in [7, 11) is 1.28. The third-order valence-electron chi connectivity index (χ3n) is 4.70. The van der Waals surface area contributed by atoms with Gasteiger partial charge in [0, 0.05) is 0 Å². The molecule has 0 aliphatic carbocycles. The summed E-state index contributed by atoms with van der Waals surface area (Å²) >= 11 is 0. The van der Waals surface area contributed by atoms with Crippen LogP contribution in [0.15, 0.2) is 72.8 Å². The van der Waals surface area contributed by atoms with Crippen LogP contribution >= 0.6 is 0 Å². The van der Waals surface area contributed by atoms with Crippen molar-refractivity contribution in [3.63, 3.8) is 0 Å². The number of ether oxygens (including phenoxy) is 2. The van der Waals surface area contributed by atoms with Crippen LogP contribution < -0.4 is 21.5 Å². The predicted molar refractivity (Wildman–Crippen MR) is 120 cm³/mol. The third kappa shape index (κ3) is 6.07. The van der Waals surface area contributed by atoms with Crippen molar-refractivity contribution >= 4 is 23.3 Å². The van der Waals surface area contributed by atoms with E-state index in [4.69, 9.17) is 16.2 Å². The average molecular weight is 419 g/mol. The summed E-state index contributed by atoms with van der Waals surface area (Å²) in [5.74, 6) is -0.189. The highest BCUT2D eigenvalue weighted by Crippen LogP contribution is 2.21. The van der Waals surface area contributed by atoms with Crippen LogP contribution in [-0.4, -0.2) is 25.0 Å². The van der Waals surface area contributed by atoms with Crippen LogP contribution in [0.25, 0.3) is 0 Å². The first-order valence-corrected chi connectivity index (χ1v) is 9.76. The van der Waals surface area contributed by atoms with Crippen LogP contribution in [0, 0.1) is 0 Å². The van der Waals surface area contributed by atoms with Crippen LogP contribution in [0.2, 0.25) is 0 Å². The molecule has 0 fully saturated rings. The summed E-state index contributed by atoms with van der Waals surface area (Å²) < 4.78 is 10.5. The number of carbonyl (C=O) groups excluding carboxylic acids is 2. The van der Waals surface area contributed by atoms with Crippen LogP contribution in [0.3, 0.4) is 0 Å². The number of rotatable bonds is 8. The number of nitrogen functional groups attached to an aromatic ring is 1. The summed E-state index contributed by atoms with van der Waals surface area (Å²) in [5.41, 5.74) is 14.9. The number of benzene rings is 3. The highest BCUT2D eigenvalue weighted by atomic mass is 16.5. The van der Waals surface area contributed by atoms with Crippen molar-refractivity contribution < 1.29 is 19.1 Å². The number of anilines is 2. The Labute approximate surface area is 181 Å². The Hall–Kier alpha value is -3.84. The van der Waals surface area contributed by atoms with Gasteiger partial charge in [0.1, 0.15) is 12.4 Å². The van der Waals surface area contributed by atoms with Crippen LogP contribution in [0.4, 0.5) is 11.4 Å². The molecule has 31 heavy (non-hydrogen) atoms. The van der Waals surface area contributed by atoms with E-state index in [9.17, 15) is 9.59 Å². The van der Waals surface area contributed by atoms with Gasteiger partial charge in [-0.2, -0.15) is 0 Å². The molecule has 0 radical (unpaired) electrons. The molecular weight excluding hydrogens is 394 g/mol. The Morgan fingerprint density at radius 3 is 2.35 bits per heavy atom. The molecule has 0 aliphatic rings. The van der Waals surface area contributed by atoms with Crippen LogP contribution in [0.1, 0.15) is 21.5 Å². The van der Waals surface area contributed by atoms with Gasteiger partial charge in [-0.3, -0.25) is 4.79 Å². The van der Waals surface area contributed by atoms with E-state index >= 15 is 0 Å². The van der Waals surface area contributed by atoms with Crippen molar-refractivity contribution in [2.75, 3.05) is 18.2 Å². The third-order valence-corrected chi connectivity index (χ3v) is 4.70. The van der Waals surface area contributed by atoms with Crippen molar-refractivity contribution in [2.24, 2.45) is 5.73 Å². The minimum absolute atomic E-state index is 0.284. The van der Waals surface area contributed by atoms with E-state index < -0.39 is 17.9 Å². The monoisotopic (exact) mass is 419 g/mol. The van der Waals surface area contributed by atoms with E-state index in [2.05, 4.69) is 10.1 Å². The van der Waals surface area contributed by atoms with Gasteiger partial charge in [-0.15, -0.1) is 0 Å². The van der Waals surface area contributed by atoms with Gasteiger partial charge < -0.3 is 26.3 Å². The molecule has 1 atom stereocenters. The zero-order valence-corrected chi connectivity index (χ0v) is 17.2. The smallest absolute Gasteiger partial charge is 0.337 e. The predicted octanol–water partition coefficient (Wildman–Crippen LogP) is 3.14. The minimum Gasteiger partial charge on any atom is -0.489 e. The molecule has 160 valence electrons. The minimum atomic E-state index is -0.794. The quantitative estimate of drug-likeness (QED) is 0.381. The summed E-state index contributed by atoms with van der Waals surface area (Å²) in [4.78, 5) is 24.2. The Kier molecular flexibility index (Phi) is 7.24. The van der Waals surface area contributed by atoms with Gasteiger partial charge in [-0.05, 0) is 47.9 Å². The Balaban J connectivity index is 1.56. The first kappa shape index (κ1) is 21.9. The molecule has 0 saturated carbocycles. The first-order valence-electron chi connectivity index (χ1n) is 9.76. The maximum absolute atomic E-state index is 12.5. The van der Waals surface area contributed by atoms with E-state index in [1.807, 2.05) is 54.6 Å². The zero-order valence-electron chi connectivity index (χ0n) is 17.2. The fourth-order valence-corrected chi connectivity index (χ4v) is 2.94. The Morgan fingerprint density at radius 1 is 0.968 bits per heavy atom. The lowest BCUT2D eigenvalue weighted by molar-refractivity contribution is -0.117. The van der Waals surface area contributed by atoms with E-state index in [0.29, 0.717) is 24.4 Å². The second kappa shape index (κ2) is 10.3. The zero-order chi connectivity index (χ0) is 22.2. The van der Waals surface area contributed by atoms with Gasteiger partial charge in [0.2, 0.25) is 5.91 Å².